The lowest BCUT2D eigenvalue weighted by molar-refractivity contribution is 0.103. The summed E-state index contributed by atoms with van der Waals surface area (Å²) in [6.45, 7) is 0. The zero-order chi connectivity index (χ0) is 11.5. The molecule has 0 aliphatic rings. The summed E-state index contributed by atoms with van der Waals surface area (Å²) >= 11 is 9.37. The molecule has 0 spiro atoms. The van der Waals surface area contributed by atoms with E-state index in [0.717, 1.165) is 4.47 Å². The van der Waals surface area contributed by atoms with E-state index in [1.54, 1.807) is 24.3 Å². The third-order valence-electron chi connectivity index (χ3n) is 2.23. The lowest BCUT2D eigenvalue weighted by Gasteiger charge is -2.04. The second-order valence-electron chi connectivity index (χ2n) is 3.30. The summed E-state index contributed by atoms with van der Waals surface area (Å²) in [6.07, 6.45) is 0. The number of carbonyl (C=O) groups excluding carboxylic acids is 1. The van der Waals surface area contributed by atoms with Gasteiger partial charge in [-0.05, 0) is 28.1 Å². The minimum atomic E-state index is -0.0631. The van der Waals surface area contributed by atoms with Crippen molar-refractivity contribution in [1.29, 1.82) is 0 Å². The van der Waals surface area contributed by atoms with Crippen molar-refractivity contribution in [2.24, 2.45) is 0 Å². The number of halogens is 2. The number of benzene rings is 2. The Hall–Kier alpha value is -1.12. The summed E-state index contributed by atoms with van der Waals surface area (Å²) in [5, 5.41) is 0.455. The van der Waals surface area contributed by atoms with Crippen LogP contribution in [0.1, 0.15) is 15.9 Å². The van der Waals surface area contributed by atoms with Crippen LogP contribution in [0.4, 0.5) is 0 Å². The van der Waals surface area contributed by atoms with Crippen molar-refractivity contribution in [1.82, 2.24) is 0 Å². The van der Waals surface area contributed by atoms with Gasteiger partial charge < -0.3 is 0 Å². The first-order valence-corrected chi connectivity index (χ1v) is 5.91. The molecule has 2 aromatic rings. The van der Waals surface area contributed by atoms with Gasteiger partial charge in [-0.2, -0.15) is 0 Å². The smallest absolute Gasteiger partial charge is 0.194 e. The SMILES string of the molecule is O=C(c1ccccc1)c1cccc(Br)c1Cl. The normalized spacial score (nSPS) is 10.1. The van der Waals surface area contributed by atoms with Gasteiger partial charge in [-0.3, -0.25) is 4.79 Å². The van der Waals surface area contributed by atoms with E-state index in [4.69, 9.17) is 11.6 Å². The molecule has 3 heteroatoms. The molecule has 0 heterocycles. The summed E-state index contributed by atoms with van der Waals surface area (Å²) < 4.78 is 0.732. The Morgan fingerprint density at radius 1 is 1.00 bits per heavy atom. The van der Waals surface area contributed by atoms with E-state index in [1.807, 2.05) is 24.3 Å². The van der Waals surface area contributed by atoms with E-state index in [2.05, 4.69) is 15.9 Å². The monoisotopic (exact) mass is 294 g/mol. The Morgan fingerprint density at radius 2 is 1.69 bits per heavy atom. The van der Waals surface area contributed by atoms with Crippen molar-refractivity contribution < 1.29 is 4.79 Å². The van der Waals surface area contributed by atoms with Crippen molar-refractivity contribution in [3.05, 3.63) is 69.2 Å². The molecule has 0 N–H and O–H groups in total. The molecule has 2 rings (SSSR count). The van der Waals surface area contributed by atoms with Crippen molar-refractivity contribution in [2.75, 3.05) is 0 Å². The topological polar surface area (TPSA) is 17.1 Å². The van der Waals surface area contributed by atoms with E-state index < -0.39 is 0 Å². The maximum absolute atomic E-state index is 12.1. The van der Waals surface area contributed by atoms with Gasteiger partial charge in [0.2, 0.25) is 0 Å². The van der Waals surface area contributed by atoms with Gasteiger partial charge in [0.25, 0.3) is 0 Å². The lowest BCUT2D eigenvalue weighted by Crippen LogP contribution is -2.01. The molecule has 0 fully saturated rings. The molecule has 0 saturated carbocycles. The minimum absolute atomic E-state index is 0.0631. The fourth-order valence-electron chi connectivity index (χ4n) is 1.42. The average Bonchev–Trinajstić information content (AvgIpc) is 2.33. The molecule has 0 radical (unpaired) electrons. The molecule has 0 bridgehead atoms. The van der Waals surface area contributed by atoms with Crippen molar-refractivity contribution in [2.45, 2.75) is 0 Å². The molecular formula is C13H8BrClO. The van der Waals surface area contributed by atoms with Gasteiger partial charge in [0, 0.05) is 15.6 Å². The van der Waals surface area contributed by atoms with Crippen molar-refractivity contribution in [3.8, 4) is 0 Å². The van der Waals surface area contributed by atoms with Crippen LogP contribution < -0.4 is 0 Å². The first kappa shape index (κ1) is 11.4. The van der Waals surface area contributed by atoms with Crippen LogP contribution in [-0.2, 0) is 0 Å². The molecule has 1 nitrogen and oxygen atoms in total. The lowest BCUT2D eigenvalue weighted by atomic mass is 10.0. The second kappa shape index (κ2) is 4.81. The predicted octanol–water partition coefficient (Wildman–Crippen LogP) is 4.33. The van der Waals surface area contributed by atoms with Crippen LogP contribution in [0.3, 0.4) is 0 Å². The van der Waals surface area contributed by atoms with E-state index in [1.165, 1.54) is 0 Å². The van der Waals surface area contributed by atoms with Crippen molar-refractivity contribution >= 4 is 33.3 Å². The highest BCUT2D eigenvalue weighted by Gasteiger charge is 2.13. The molecule has 0 aromatic heterocycles. The first-order valence-electron chi connectivity index (χ1n) is 4.74. The molecule has 16 heavy (non-hydrogen) atoms. The molecular weight excluding hydrogens is 287 g/mol. The quantitative estimate of drug-likeness (QED) is 0.754. The summed E-state index contributed by atoms with van der Waals surface area (Å²) in [5.74, 6) is -0.0631. The summed E-state index contributed by atoms with van der Waals surface area (Å²) in [6, 6.07) is 14.4. The molecule has 2 aromatic carbocycles. The maximum Gasteiger partial charge on any atom is 0.194 e. The Morgan fingerprint density at radius 3 is 2.38 bits per heavy atom. The fourth-order valence-corrected chi connectivity index (χ4v) is 2.00. The van der Waals surface area contributed by atoms with Gasteiger partial charge in [0.1, 0.15) is 0 Å². The number of carbonyl (C=O) groups is 1. The van der Waals surface area contributed by atoms with Gasteiger partial charge in [-0.15, -0.1) is 0 Å². The predicted molar refractivity (Wildman–Crippen MR) is 69.0 cm³/mol. The Bertz CT molecular complexity index is 523. The summed E-state index contributed by atoms with van der Waals surface area (Å²) in [4.78, 5) is 12.1. The van der Waals surface area contributed by atoms with Gasteiger partial charge in [0.15, 0.2) is 5.78 Å². The van der Waals surface area contributed by atoms with Crippen LogP contribution in [-0.4, -0.2) is 5.78 Å². The van der Waals surface area contributed by atoms with Gasteiger partial charge in [0.05, 0.1) is 5.02 Å². The first-order chi connectivity index (χ1) is 7.70. The fraction of sp³-hybridized carbons (Fsp3) is 0. The molecule has 0 amide bonds. The minimum Gasteiger partial charge on any atom is -0.289 e. The summed E-state index contributed by atoms with van der Waals surface area (Å²) in [7, 11) is 0. The van der Waals surface area contributed by atoms with Gasteiger partial charge in [-0.1, -0.05) is 48.0 Å². The Labute approximate surface area is 107 Å². The molecule has 0 atom stereocenters. The Kier molecular flexibility index (Phi) is 3.42. The third-order valence-corrected chi connectivity index (χ3v) is 3.53. The maximum atomic E-state index is 12.1. The average molecular weight is 296 g/mol. The summed E-state index contributed by atoms with van der Waals surface area (Å²) in [5.41, 5.74) is 1.16. The van der Waals surface area contributed by atoms with E-state index >= 15 is 0 Å². The number of rotatable bonds is 2. The van der Waals surface area contributed by atoms with Crippen LogP contribution in [0.2, 0.25) is 5.02 Å². The van der Waals surface area contributed by atoms with Crippen LogP contribution in [0.25, 0.3) is 0 Å². The zero-order valence-corrected chi connectivity index (χ0v) is 10.6. The Balaban J connectivity index is 2.46. The van der Waals surface area contributed by atoms with Crippen LogP contribution >= 0.6 is 27.5 Å². The molecule has 0 unspecified atom stereocenters. The number of hydrogen-bond donors (Lipinski definition) is 0. The van der Waals surface area contributed by atoms with Crippen LogP contribution in [0.15, 0.2) is 53.0 Å². The highest BCUT2D eigenvalue weighted by atomic mass is 79.9. The van der Waals surface area contributed by atoms with E-state index in [0.29, 0.717) is 16.1 Å². The standard InChI is InChI=1S/C13H8BrClO/c14-11-8-4-7-10(12(11)15)13(16)9-5-2-1-3-6-9/h1-8H. The van der Waals surface area contributed by atoms with Gasteiger partial charge >= 0.3 is 0 Å². The van der Waals surface area contributed by atoms with Crippen LogP contribution in [0.5, 0.6) is 0 Å². The highest BCUT2D eigenvalue weighted by molar-refractivity contribution is 9.10. The van der Waals surface area contributed by atoms with Crippen molar-refractivity contribution in [3.63, 3.8) is 0 Å². The number of ketones is 1. The second-order valence-corrected chi connectivity index (χ2v) is 4.53. The number of hydrogen-bond acceptors (Lipinski definition) is 1. The van der Waals surface area contributed by atoms with Crippen LogP contribution in [0, 0.1) is 0 Å². The van der Waals surface area contributed by atoms with E-state index in [-0.39, 0.29) is 5.78 Å². The molecule has 80 valence electrons. The zero-order valence-electron chi connectivity index (χ0n) is 8.28. The largest absolute Gasteiger partial charge is 0.289 e. The van der Waals surface area contributed by atoms with E-state index in [9.17, 15) is 4.79 Å². The molecule has 0 aliphatic heterocycles. The molecule has 0 saturated heterocycles. The van der Waals surface area contributed by atoms with Gasteiger partial charge in [-0.25, -0.2) is 0 Å². The highest BCUT2D eigenvalue weighted by Crippen LogP contribution is 2.27. The third kappa shape index (κ3) is 2.18. The molecule has 0 aliphatic carbocycles.